The Bertz CT molecular complexity index is 723. The number of nitrogens with zero attached hydrogens (tertiary/aromatic N) is 1. The quantitative estimate of drug-likeness (QED) is 0.914. The molecule has 0 aliphatic carbocycles. The molecule has 2 aromatic rings. The maximum Gasteiger partial charge on any atom is 0.337 e. The Morgan fingerprint density at radius 1 is 1.10 bits per heavy atom. The van der Waals surface area contributed by atoms with Crippen molar-refractivity contribution in [3.63, 3.8) is 0 Å². The summed E-state index contributed by atoms with van der Waals surface area (Å²) in [7, 11) is 0. The van der Waals surface area contributed by atoms with Crippen molar-refractivity contribution in [2.24, 2.45) is 0 Å². The van der Waals surface area contributed by atoms with Crippen LogP contribution in [-0.2, 0) is 0 Å². The summed E-state index contributed by atoms with van der Waals surface area (Å²) in [6.45, 7) is 0. The van der Waals surface area contributed by atoms with Crippen molar-refractivity contribution >= 4 is 29.2 Å². The van der Waals surface area contributed by atoms with Gasteiger partial charge >= 0.3 is 5.97 Å². The highest BCUT2D eigenvalue weighted by molar-refractivity contribution is 6.33. The lowest BCUT2D eigenvalue weighted by molar-refractivity contribution is 0.0696. The van der Waals surface area contributed by atoms with Crippen molar-refractivity contribution < 1.29 is 14.6 Å². The summed E-state index contributed by atoms with van der Waals surface area (Å²) >= 11 is 11.7. The molecule has 0 spiro atoms. The fourth-order valence-corrected chi connectivity index (χ4v) is 1.93. The topological polar surface area (TPSA) is 70.3 Å². The van der Waals surface area contributed by atoms with Crippen molar-refractivity contribution in [3.8, 4) is 17.6 Å². The molecule has 0 saturated heterocycles. The molecule has 0 unspecified atom stereocenters. The molecule has 0 heterocycles. The first-order chi connectivity index (χ1) is 9.51. The third kappa shape index (κ3) is 3.02. The zero-order valence-corrected chi connectivity index (χ0v) is 11.4. The second kappa shape index (κ2) is 5.83. The van der Waals surface area contributed by atoms with Gasteiger partial charge in [0.1, 0.15) is 17.6 Å². The Morgan fingerprint density at radius 2 is 1.75 bits per heavy atom. The van der Waals surface area contributed by atoms with Crippen LogP contribution < -0.4 is 4.74 Å². The average Bonchev–Trinajstić information content (AvgIpc) is 2.41. The number of hydrogen-bond donors (Lipinski definition) is 1. The van der Waals surface area contributed by atoms with Crippen LogP contribution in [0.25, 0.3) is 0 Å². The molecule has 0 aliphatic heterocycles. The molecule has 0 fully saturated rings. The summed E-state index contributed by atoms with van der Waals surface area (Å²) in [6, 6.07) is 10.8. The number of benzene rings is 2. The maximum atomic E-state index is 11.0. The van der Waals surface area contributed by atoms with E-state index in [1.54, 1.807) is 12.1 Å². The fourth-order valence-electron chi connectivity index (χ4n) is 1.52. The lowest BCUT2D eigenvalue weighted by atomic mass is 10.2. The number of aromatic carboxylic acids is 1. The number of carboxylic acids is 1. The minimum absolute atomic E-state index is 0.0519. The highest BCUT2D eigenvalue weighted by atomic mass is 35.5. The third-order valence-corrected chi connectivity index (χ3v) is 3.11. The van der Waals surface area contributed by atoms with Gasteiger partial charge in [-0.3, -0.25) is 0 Å². The van der Waals surface area contributed by atoms with Crippen LogP contribution in [0.4, 0.5) is 0 Å². The predicted octanol–water partition coefficient (Wildman–Crippen LogP) is 4.36. The van der Waals surface area contributed by atoms with Crippen molar-refractivity contribution in [2.75, 3.05) is 0 Å². The lowest BCUT2D eigenvalue weighted by Gasteiger charge is -2.08. The number of ether oxygens (including phenoxy) is 1. The second-order valence-corrected chi connectivity index (χ2v) is 4.62. The molecule has 6 heteroatoms. The van der Waals surface area contributed by atoms with Crippen molar-refractivity contribution in [1.82, 2.24) is 0 Å². The fraction of sp³-hybridized carbons (Fsp3) is 0. The van der Waals surface area contributed by atoms with Crippen LogP contribution in [0.5, 0.6) is 11.5 Å². The normalized spacial score (nSPS) is 9.85. The number of hydrogen-bond acceptors (Lipinski definition) is 3. The van der Waals surface area contributed by atoms with Crippen LogP contribution in [0.1, 0.15) is 15.9 Å². The number of carboxylic acid groups (broad SMARTS) is 1. The number of carbonyl (C=O) groups is 1. The van der Waals surface area contributed by atoms with Crippen molar-refractivity contribution in [1.29, 1.82) is 5.26 Å². The Labute approximate surface area is 124 Å². The first kappa shape index (κ1) is 14.2. The summed E-state index contributed by atoms with van der Waals surface area (Å²) in [4.78, 5) is 11.0. The highest BCUT2D eigenvalue weighted by Gasteiger charge is 2.11. The Morgan fingerprint density at radius 3 is 2.35 bits per heavy atom. The van der Waals surface area contributed by atoms with E-state index < -0.39 is 5.97 Å². The third-order valence-electron chi connectivity index (χ3n) is 2.46. The summed E-state index contributed by atoms with van der Waals surface area (Å²) in [5.41, 5.74) is 0.283. The molecule has 0 saturated carbocycles. The zero-order chi connectivity index (χ0) is 14.7. The molecule has 1 N–H and O–H groups in total. The minimum atomic E-state index is -1.14. The van der Waals surface area contributed by atoms with E-state index in [4.69, 9.17) is 38.3 Å². The zero-order valence-electron chi connectivity index (χ0n) is 9.93. The summed E-state index contributed by atoms with van der Waals surface area (Å²) in [5, 5.41) is 18.1. The maximum absolute atomic E-state index is 11.0. The molecular formula is C14H7Cl2NO3. The molecule has 2 aromatic carbocycles. The summed E-state index contributed by atoms with van der Waals surface area (Å²) in [6.07, 6.45) is 0. The van der Waals surface area contributed by atoms with Gasteiger partial charge in [-0.1, -0.05) is 23.2 Å². The number of halogens is 2. The SMILES string of the molecule is N#Cc1ccc(Oc2ccc(Cl)c(C(=O)O)c2)cc1Cl. The second-order valence-electron chi connectivity index (χ2n) is 3.80. The van der Waals surface area contributed by atoms with Crippen LogP contribution in [0.3, 0.4) is 0 Å². The molecule has 4 nitrogen and oxygen atoms in total. The summed E-state index contributed by atoms with van der Waals surface area (Å²) < 4.78 is 5.49. The molecular weight excluding hydrogens is 301 g/mol. The van der Waals surface area contributed by atoms with E-state index in [1.807, 2.05) is 6.07 Å². The molecule has 2 rings (SSSR count). The lowest BCUT2D eigenvalue weighted by Crippen LogP contribution is -1.98. The van der Waals surface area contributed by atoms with Crippen LogP contribution >= 0.6 is 23.2 Å². The number of rotatable bonds is 3. The van der Waals surface area contributed by atoms with Gasteiger partial charge in [0, 0.05) is 6.07 Å². The largest absolute Gasteiger partial charge is 0.478 e. The molecule has 0 aliphatic rings. The van der Waals surface area contributed by atoms with Gasteiger partial charge in [0.2, 0.25) is 0 Å². The van der Waals surface area contributed by atoms with Crippen molar-refractivity contribution in [2.45, 2.75) is 0 Å². The van der Waals surface area contributed by atoms with E-state index in [0.29, 0.717) is 17.1 Å². The average molecular weight is 308 g/mol. The van der Waals surface area contributed by atoms with Crippen LogP contribution in [0.15, 0.2) is 36.4 Å². The first-order valence-corrected chi connectivity index (χ1v) is 6.17. The van der Waals surface area contributed by atoms with Gasteiger partial charge in [0.05, 0.1) is 21.2 Å². The predicted molar refractivity (Wildman–Crippen MR) is 74.7 cm³/mol. The van der Waals surface area contributed by atoms with E-state index in [9.17, 15) is 4.79 Å². The van der Waals surface area contributed by atoms with Gasteiger partial charge in [-0.25, -0.2) is 4.79 Å². The highest BCUT2D eigenvalue weighted by Crippen LogP contribution is 2.29. The van der Waals surface area contributed by atoms with Gasteiger partial charge in [0.25, 0.3) is 0 Å². The van der Waals surface area contributed by atoms with Crippen LogP contribution in [0, 0.1) is 11.3 Å². The number of nitriles is 1. The molecule has 0 atom stereocenters. The van der Waals surface area contributed by atoms with Gasteiger partial charge in [-0.2, -0.15) is 5.26 Å². The molecule has 0 bridgehead atoms. The monoisotopic (exact) mass is 307 g/mol. The first-order valence-electron chi connectivity index (χ1n) is 5.41. The van der Waals surface area contributed by atoms with E-state index in [0.717, 1.165) is 0 Å². The van der Waals surface area contributed by atoms with E-state index in [1.165, 1.54) is 24.3 Å². The van der Waals surface area contributed by atoms with E-state index >= 15 is 0 Å². The van der Waals surface area contributed by atoms with Crippen molar-refractivity contribution in [3.05, 3.63) is 57.6 Å². The molecule has 100 valence electrons. The van der Waals surface area contributed by atoms with Gasteiger partial charge in [0.15, 0.2) is 0 Å². The van der Waals surface area contributed by atoms with Gasteiger partial charge in [-0.15, -0.1) is 0 Å². The van der Waals surface area contributed by atoms with Gasteiger partial charge < -0.3 is 9.84 Å². The molecule has 0 amide bonds. The molecule has 0 aromatic heterocycles. The summed E-state index contributed by atoms with van der Waals surface area (Å²) in [5.74, 6) is -0.432. The van der Waals surface area contributed by atoms with E-state index in [2.05, 4.69) is 0 Å². The Hall–Kier alpha value is -2.22. The standard InChI is InChI=1S/C14H7Cl2NO3/c15-12-4-3-9(5-11(12)14(18)19)20-10-2-1-8(7-17)13(16)6-10/h1-6H,(H,18,19). The van der Waals surface area contributed by atoms with Gasteiger partial charge in [-0.05, 0) is 30.3 Å². The molecule has 0 radical (unpaired) electrons. The smallest absolute Gasteiger partial charge is 0.337 e. The molecule has 20 heavy (non-hydrogen) atoms. The Kier molecular flexibility index (Phi) is 4.14. The van der Waals surface area contributed by atoms with Crippen LogP contribution in [-0.4, -0.2) is 11.1 Å². The van der Waals surface area contributed by atoms with Crippen LogP contribution in [0.2, 0.25) is 10.0 Å². The Balaban J connectivity index is 2.31. The van der Waals surface area contributed by atoms with E-state index in [-0.39, 0.29) is 15.6 Å². The minimum Gasteiger partial charge on any atom is -0.478 e.